The molecular formula is C18H18N4O3S. The molecule has 0 saturated carbocycles. The molecule has 1 aromatic heterocycles. The molecule has 0 bridgehead atoms. The predicted molar refractivity (Wildman–Crippen MR) is 101 cm³/mol. The van der Waals surface area contributed by atoms with Gasteiger partial charge in [0.2, 0.25) is 5.13 Å². The fourth-order valence-electron chi connectivity index (χ4n) is 2.16. The van der Waals surface area contributed by atoms with Gasteiger partial charge in [-0.1, -0.05) is 35.6 Å². The highest BCUT2D eigenvalue weighted by atomic mass is 32.1. The first-order chi connectivity index (χ1) is 12.6. The highest BCUT2D eigenvalue weighted by molar-refractivity contribution is 7.15. The largest absolute Gasteiger partial charge is 0.497 e. The van der Waals surface area contributed by atoms with E-state index in [1.807, 2.05) is 37.3 Å². The number of hydrogen-bond donors (Lipinski definition) is 2. The topological polar surface area (TPSA) is 85.4 Å². The maximum absolute atomic E-state index is 12.1. The van der Waals surface area contributed by atoms with Crippen LogP contribution in [0, 0.1) is 0 Å². The van der Waals surface area contributed by atoms with E-state index in [-0.39, 0.29) is 6.10 Å². The normalized spacial score (nSPS) is 11.5. The molecule has 0 spiro atoms. The Morgan fingerprint density at radius 1 is 1.04 bits per heavy atom. The summed E-state index contributed by atoms with van der Waals surface area (Å²) in [6.45, 7) is 1.88. The lowest BCUT2D eigenvalue weighted by molar-refractivity contribution is 0.225. The molecule has 0 aliphatic rings. The molecule has 2 aromatic carbocycles. The number of carbonyl (C=O) groups is 1. The lowest BCUT2D eigenvalue weighted by Gasteiger charge is -2.11. The Morgan fingerprint density at radius 2 is 1.81 bits per heavy atom. The molecule has 0 radical (unpaired) electrons. The van der Waals surface area contributed by atoms with Gasteiger partial charge in [-0.05, 0) is 31.2 Å². The Bertz CT molecular complexity index is 870. The number of carbonyl (C=O) groups excluding carboxylic acids is 1. The van der Waals surface area contributed by atoms with Crippen molar-refractivity contribution in [3.05, 3.63) is 59.6 Å². The zero-order valence-corrected chi connectivity index (χ0v) is 15.1. The zero-order valence-electron chi connectivity index (χ0n) is 14.3. The molecule has 0 aliphatic heterocycles. The van der Waals surface area contributed by atoms with Gasteiger partial charge >= 0.3 is 6.03 Å². The SMILES string of the molecule is COc1cccc(NC(=O)Nc2nnc(C(C)Oc3ccccc3)s2)c1. The fraction of sp³-hybridized carbons (Fsp3) is 0.167. The van der Waals surface area contributed by atoms with Gasteiger partial charge in [-0.25, -0.2) is 4.79 Å². The van der Waals surface area contributed by atoms with Crippen molar-refractivity contribution < 1.29 is 14.3 Å². The van der Waals surface area contributed by atoms with Crippen molar-refractivity contribution in [3.63, 3.8) is 0 Å². The number of hydrogen-bond acceptors (Lipinski definition) is 6. The monoisotopic (exact) mass is 370 g/mol. The molecule has 2 amide bonds. The summed E-state index contributed by atoms with van der Waals surface area (Å²) in [7, 11) is 1.57. The fourth-order valence-corrected chi connectivity index (χ4v) is 2.88. The Kier molecular flexibility index (Phi) is 5.65. The summed E-state index contributed by atoms with van der Waals surface area (Å²) in [5.74, 6) is 1.41. The number of amides is 2. The maximum Gasteiger partial charge on any atom is 0.325 e. The van der Waals surface area contributed by atoms with Crippen molar-refractivity contribution in [3.8, 4) is 11.5 Å². The van der Waals surface area contributed by atoms with Gasteiger partial charge in [0.25, 0.3) is 0 Å². The van der Waals surface area contributed by atoms with Crippen molar-refractivity contribution >= 4 is 28.2 Å². The lowest BCUT2D eigenvalue weighted by Crippen LogP contribution is -2.19. The first-order valence-corrected chi connectivity index (χ1v) is 8.73. The Hall–Kier alpha value is -3.13. The molecule has 8 heteroatoms. The lowest BCUT2D eigenvalue weighted by atomic mass is 10.3. The summed E-state index contributed by atoms with van der Waals surface area (Å²) in [6, 6.07) is 16.1. The number of aromatic nitrogens is 2. The summed E-state index contributed by atoms with van der Waals surface area (Å²) in [5, 5.41) is 14.5. The molecule has 3 rings (SSSR count). The number of anilines is 2. The molecule has 0 fully saturated rings. The molecule has 1 unspecified atom stereocenters. The van der Waals surface area contributed by atoms with Crippen LogP contribution in [0.15, 0.2) is 54.6 Å². The molecule has 2 N–H and O–H groups in total. The van der Waals surface area contributed by atoms with Gasteiger partial charge in [-0.15, -0.1) is 10.2 Å². The van der Waals surface area contributed by atoms with Crippen LogP contribution in [-0.2, 0) is 0 Å². The van der Waals surface area contributed by atoms with E-state index in [0.717, 1.165) is 5.75 Å². The standard InChI is InChI=1S/C18H18N4O3S/c1-12(25-14-8-4-3-5-9-14)16-21-22-18(26-16)20-17(23)19-13-7-6-10-15(11-13)24-2/h3-12H,1-2H3,(H2,19,20,22,23). The molecule has 0 aliphatic carbocycles. The molecule has 1 atom stereocenters. The highest BCUT2D eigenvalue weighted by Gasteiger charge is 2.15. The van der Waals surface area contributed by atoms with E-state index in [4.69, 9.17) is 9.47 Å². The van der Waals surface area contributed by atoms with Crippen molar-refractivity contribution in [1.29, 1.82) is 0 Å². The second kappa shape index (κ2) is 8.30. The van der Waals surface area contributed by atoms with Crippen LogP contribution in [-0.4, -0.2) is 23.3 Å². The zero-order chi connectivity index (χ0) is 18.4. The van der Waals surface area contributed by atoms with Crippen molar-refractivity contribution in [1.82, 2.24) is 10.2 Å². The van der Waals surface area contributed by atoms with Crippen molar-refractivity contribution in [2.24, 2.45) is 0 Å². The quantitative estimate of drug-likeness (QED) is 0.674. The van der Waals surface area contributed by atoms with Crippen LogP contribution in [0.25, 0.3) is 0 Å². The van der Waals surface area contributed by atoms with Gasteiger partial charge in [-0.3, -0.25) is 5.32 Å². The van der Waals surface area contributed by atoms with Crippen molar-refractivity contribution in [2.45, 2.75) is 13.0 Å². The average Bonchev–Trinajstić information content (AvgIpc) is 3.11. The third kappa shape index (κ3) is 4.70. The minimum Gasteiger partial charge on any atom is -0.497 e. The number of ether oxygens (including phenoxy) is 2. The third-order valence-corrected chi connectivity index (χ3v) is 4.39. The van der Waals surface area contributed by atoms with E-state index in [2.05, 4.69) is 20.8 Å². The molecule has 26 heavy (non-hydrogen) atoms. The van der Waals surface area contributed by atoms with E-state index in [1.54, 1.807) is 31.4 Å². The number of para-hydroxylation sites is 1. The molecule has 7 nitrogen and oxygen atoms in total. The minimum absolute atomic E-state index is 0.271. The van der Waals surface area contributed by atoms with Crippen LogP contribution in [0.3, 0.4) is 0 Å². The van der Waals surface area contributed by atoms with Crippen LogP contribution in [0.5, 0.6) is 11.5 Å². The first kappa shape index (κ1) is 17.7. The summed E-state index contributed by atoms with van der Waals surface area (Å²) in [6.07, 6.45) is -0.271. The van der Waals surface area contributed by atoms with E-state index < -0.39 is 6.03 Å². The van der Waals surface area contributed by atoms with Gasteiger partial charge < -0.3 is 14.8 Å². The van der Waals surface area contributed by atoms with Gasteiger partial charge in [0.1, 0.15) is 17.6 Å². The molecule has 0 saturated heterocycles. The number of rotatable bonds is 6. The van der Waals surface area contributed by atoms with E-state index >= 15 is 0 Å². The first-order valence-electron chi connectivity index (χ1n) is 7.91. The van der Waals surface area contributed by atoms with Gasteiger partial charge in [-0.2, -0.15) is 0 Å². The van der Waals surface area contributed by atoms with E-state index in [1.165, 1.54) is 11.3 Å². The number of nitrogens with zero attached hydrogens (tertiary/aromatic N) is 2. The Balaban J connectivity index is 1.58. The second-order valence-electron chi connectivity index (χ2n) is 5.33. The van der Waals surface area contributed by atoms with Crippen LogP contribution in [0.1, 0.15) is 18.0 Å². The van der Waals surface area contributed by atoms with Crippen LogP contribution in [0.2, 0.25) is 0 Å². The molecule has 3 aromatic rings. The van der Waals surface area contributed by atoms with Crippen molar-refractivity contribution in [2.75, 3.05) is 17.7 Å². The summed E-state index contributed by atoms with van der Waals surface area (Å²) < 4.78 is 10.9. The Morgan fingerprint density at radius 3 is 2.58 bits per heavy atom. The smallest absolute Gasteiger partial charge is 0.325 e. The van der Waals surface area contributed by atoms with Crippen LogP contribution in [0.4, 0.5) is 15.6 Å². The average molecular weight is 370 g/mol. The molecule has 1 heterocycles. The minimum atomic E-state index is -0.405. The highest BCUT2D eigenvalue weighted by Crippen LogP contribution is 2.26. The number of urea groups is 1. The van der Waals surface area contributed by atoms with E-state index in [0.29, 0.717) is 21.6 Å². The summed E-state index contributed by atoms with van der Waals surface area (Å²) in [4.78, 5) is 12.1. The van der Waals surface area contributed by atoms with Gasteiger partial charge in [0.15, 0.2) is 5.01 Å². The summed E-state index contributed by atoms with van der Waals surface area (Å²) >= 11 is 1.26. The predicted octanol–water partition coefficient (Wildman–Crippen LogP) is 4.33. The van der Waals surface area contributed by atoms with Gasteiger partial charge in [0, 0.05) is 11.8 Å². The number of benzene rings is 2. The Labute approximate surface area is 155 Å². The molecular weight excluding hydrogens is 352 g/mol. The summed E-state index contributed by atoms with van der Waals surface area (Å²) in [5.41, 5.74) is 0.618. The second-order valence-corrected chi connectivity index (χ2v) is 6.34. The molecule has 134 valence electrons. The number of nitrogens with one attached hydrogen (secondary N) is 2. The van der Waals surface area contributed by atoms with Crippen LogP contribution >= 0.6 is 11.3 Å². The third-order valence-electron chi connectivity index (χ3n) is 3.39. The van der Waals surface area contributed by atoms with E-state index in [9.17, 15) is 4.79 Å². The van der Waals surface area contributed by atoms with Crippen LogP contribution < -0.4 is 20.1 Å². The van der Waals surface area contributed by atoms with Gasteiger partial charge in [0.05, 0.1) is 7.11 Å². The maximum atomic E-state index is 12.1. The number of methoxy groups -OCH3 is 1.